The summed E-state index contributed by atoms with van der Waals surface area (Å²) in [7, 11) is 1.91. The zero-order valence-corrected chi connectivity index (χ0v) is 16.8. The zero-order valence-electron chi connectivity index (χ0n) is 16.8. The zero-order chi connectivity index (χ0) is 21.6. The van der Waals surface area contributed by atoms with E-state index in [0.29, 0.717) is 11.5 Å². The summed E-state index contributed by atoms with van der Waals surface area (Å²) in [6.45, 7) is 4.00. The lowest BCUT2D eigenvalue weighted by Gasteiger charge is -2.47. The van der Waals surface area contributed by atoms with Gasteiger partial charge >= 0.3 is 0 Å². The molecule has 0 saturated carbocycles. The van der Waals surface area contributed by atoms with Crippen molar-refractivity contribution in [3.8, 4) is 6.07 Å². The van der Waals surface area contributed by atoms with Crippen LogP contribution in [0, 0.1) is 23.0 Å². The molecule has 1 saturated heterocycles. The number of halogens is 2. The Kier molecular flexibility index (Phi) is 4.61. The largest absolute Gasteiger partial charge is 0.349 e. The molecule has 30 heavy (non-hydrogen) atoms. The minimum Gasteiger partial charge on any atom is -0.349 e. The smallest absolute Gasteiger partial charge is 0.240 e. The monoisotopic (exact) mass is 409 g/mol. The highest BCUT2D eigenvalue weighted by molar-refractivity contribution is 5.83. The molecule has 4 rings (SSSR count). The second-order valence-corrected chi connectivity index (χ2v) is 8.02. The highest BCUT2D eigenvalue weighted by atomic mass is 19.1. The van der Waals surface area contributed by atoms with Gasteiger partial charge < -0.3 is 20.4 Å². The van der Waals surface area contributed by atoms with Crippen molar-refractivity contribution >= 4 is 17.3 Å². The number of likely N-dealkylation sites (N-methyl/N-ethyl adjacent to an activating group) is 1. The van der Waals surface area contributed by atoms with Crippen molar-refractivity contribution in [2.45, 2.75) is 25.6 Å². The molecule has 6 nitrogen and oxygen atoms in total. The predicted molar refractivity (Wildman–Crippen MR) is 109 cm³/mol. The average Bonchev–Trinajstić information content (AvgIpc) is 2.95. The van der Waals surface area contributed by atoms with Crippen LogP contribution < -0.4 is 10.6 Å². The van der Waals surface area contributed by atoms with Crippen LogP contribution in [0.4, 0.5) is 14.5 Å². The van der Waals surface area contributed by atoms with Gasteiger partial charge in [-0.2, -0.15) is 5.26 Å². The lowest BCUT2D eigenvalue weighted by Crippen LogP contribution is -2.68. The van der Waals surface area contributed by atoms with Crippen molar-refractivity contribution in [1.82, 2.24) is 15.1 Å². The molecule has 1 unspecified atom stereocenters. The van der Waals surface area contributed by atoms with Crippen molar-refractivity contribution < 1.29 is 13.6 Å². The fraction of sp³-hybridized carbons (Fsp3) is 0.273. The van der Waals surface area contributed by atoms with E-state index in [9.17, 15) is 13.6 Å². The van der Waals surface area contributed by atoms with Gasteiger partial charge in [0.15, 0.2) is 0 Å². The lowest BCUT2D eigenvalue weighted by atomic mass is 9.96. The Labute approximate surface area is 173 Å². The van der Waals surface area contributed by atoms with E-state index in [1.165, 1.54) is 30.3 Å². The number of nitriles is 1. The van der Waals surface area contributed by atoms with Gasteiger partial charge in [-0.05, 0) is 56.3 Å². The minimum absolute atomic E-state index is 0.0800. The first-order valence-corrected chi connectivity index (χ1v) is 9.48. The average molecular weight is 409 g/mol. The van der Waals surface area contributed by atoms with Crippen LogP contribution >= 0.6 is 0 Å². The van der Waals surface area contributed by atoms with Crippen LogP contribution in [0.2, 0.25) is 0 Å². The van der Waals surface area contributed by atoms with Gasteiger partial charge in [0.2, 0.25) is 5.91 Å². The van der Waals surface area contributed by atoms with Crippen LogP contribution in [0.25, 0.3) is 5.70 Å². The van der Waals surface area contributed by atoms with Crippen LogP contribution in [-0.4, -0.2) is 41.0 Å². The van der Waals surface area contributed by atoms with Gasteiger partial charge in [0, 0.05) is 18.3 Å². The van der Waals surface area contributed by atoms with E-state index in [4.69, 9.17) is 5.26 Å². The second-order valence-electron chi connectivity index (χ2n) is 8.02. The van der Waals surface area contributed by atoms with Crippen molar-refractivity contribution in [1.29, 1.82) is 5.26 Å². The van der Waals surface area contributed by atoms with Crippen LogP contribution in [0.3, 0.4) is 0 Å². The van der Waals surface area contributed by atoms with Gasteiger partial charge in [0.05, 0.1) is 16.8 Å². The molecule has 2 N–H and O–H groups in total. The molecule has 2 aliphatic rings. The van der Waals surface area contributed by atoms with E-state index < -0.39 is 11.4 Å². The Hall–Kier alpha value is -3.60. The summed E-state index contributed by atoms with van der Waals surface area (Å²) in [6, 6.07) is 12.1. The number of amides is 1. The molecule has 0 radical (unpaired) electrons. The number of hydrogen-bond acceptors (Lipinski definition) is 5. The number of carbonyl (C=O) groups excluding carboxylic acids is 1. The fourth-order valence-electron chi connectivity index (χ4n) is 4.32. The van der Waals surface area contributed by atoms with Crippen molar-refractivity contribution in [2.24, 2.45) is 0 Å². The highest BCUT2D eigenvalue weighted by Gasteiger charge is 2.49. The first kappa shape index (κ1) is 19.7. The van der Waals surface area contributed by atoms with Crippen LogP contribution in [0.5, 0.6) is 0 Å². The van der Waals surface area contributed by atoms with Gasteiger partial charge in [-0.25, -0.2) is 8.78 Å². The third-order valence-electron chi connectivity index (χ3n) is 5.41. The maximum absolute atomic E-state index is 13.8. The van der Waals surface area contributed by atoms with Gasteiger partial charge in [-0.1, -0.05) is 0 Å². The van der Waals surface area contributed by atoms with Crippen molar-refractivity contribution in [3.05, 3.63) is 71.0 Å². The summed E-state index contributed by atoms with van der Waals surface area (Å²) in [5, 5.41) is 15.4. The normalized spacial score (nSPS) is 20.0. The summed E-state index contributed by atoms with van der Waals surface area (Å²) in [5.41, 5.74) is 1.40. The molecule has 1 fully saturated rings. The number of anilines is 1. The van der Waals surface area contributed by atoms with Crippen molar-refractivity contribution in [3.63, 3.8) is 0 Å². The Morgan fingerprint density at radius 2 is 1.90 bits per heavy atom. The fourth-order valence-corrected chi connectivity index (χ4v) is 4.32. The molecular weight excluding hydrogens is 388 g/mol. The first-order valence-electron chi connectivity index (χ1n) is 9.48. The summed E-state index contributed by atoms with van der Waals surface area (Å²) >= 11 is 0. The van der Waals surface area contributed by atoms with E-state index in [1.54, 1.807) is 12.1 Å². The summed E-state index contributed by atoms with van der Waals surface area (Å²) in [5.74, 6) is -0.439. The number of nitrogens with one attached hydrogen (secondary N) is 2. The first-order chi connectivity index (χ1) is 14.2. The molecular formula is C22H21F2N5O. The van der Waals surface area contributed by atoms with Crippen LogP contribution in [-0.2, 0) is 4.79 Å². The van der Waals surface area contributed by atoms with Gasteiger partial charge in [-0.3, -0.25) is 4.79 Å². The van der Waals surface area contributed by atoms with E-state index >= 15 is 0 Å². The molecule has 2 aliphatic heterocycles. The highest BCUT2D eigenvalue weighted by Crippen LogP contribution is 2.40. The molecule has 0 bridgehead atoms. The molecule has 2 heterocycles. The summed E-state index contributed by atoms with van der Waals surface area (Å²) in [4.78, 5) is 16.4. The van der Waals surface area contributed by atoms with Crippen molar-refractivity contribution in [2.75, 3.05) is 18.9 Å². The lowest BCUT2D eigenvalue weighted by molar-refractivity contribution is -0.130. The molecule has 0 aromatic heterocycles. The number of rotatable bonds is 3. The number of fused-ring (bicyclic) bond motifs is 1. The SMILES string of the molecule is CN1C(c2ccc(F)cc2)=C(Nc2ccc(F)c(C#N)c2)N2CC(=O)NC(C)(C)C12. The van der Waals surface area contributed by atoms with Gasteiger partial charge in [0.1, 0.15) is 36.2 Å². The van der Waals surface area contributed by atoms with Crippen LogP contribution in [0.15, 0.2) is 48.3 Å². The minimum atomic E-state index is -0.601. The Balaban J connectivity index is 1.85. The maximum Gasteiger partial charge on any atom is 0.240 e. The Bertz CT molecular complexity index is 1090. The van der Waals surface area contributed by atoms with E-state index in [2.05, 4.69) is 10.6 Å². The molecule has 1 amide bonds. The third-order valence-corrected chi connectivity index (χ3v) is 5.41. The Morgan fingerprint density at radius 3 is 2.57 bits per heavy atom. The number of hydrogen-bond donors (Lipinski definition) is 2. The van der Waals surface area contributed by atoms with Crippen LogP contribution in [0.1, 0.15) is 25.0 Å². The predicted octanol–water partition coefficient (Wildman–Crippen LogP) is 3.06. The Morgan fingerprint density at radius 1 is 1.20 bits per heavy atom. The molecule has 0 aliphatic carbocycles. The topological polar surface area (TPSA) is 71.4 Å². The third kappa shape index (κ3) is 3.22. The summed E-state index contributed by atoms with van der Waals surface area (Å²) < 4.78 is 27.3. The van der Waals surface area contributed by atoms with Gasteiger partial charge in [-0.15, -0.1) is 0 Å². The van der Waals surface area contributed by atoms with Gasteiger partial charge in [0.25, 0.3) is 0 Å². The van der Waals surface area contributed by atoms with E-state index in [1.807, 2.05) is 36.8 Å². The molecule has 154 valence electrons. The molecule has 2 aromatic carbocycles. The number of benzene rings is 2. The number of piperazine rings is 1. The molecule has 8 heteroatoms. The standard InChI is InChI=1S/C22H21F2N5O/c1-22(2)21-28(3)19(13-4-6-15(23)7-5-13)20(29(21)12-18(30)27-22)26-16-8-9-17(24)14(10-16)11-25/h4-10,21,26H,12H2,1-3H3,(H,27,30). The molecule has 1 atom stereocenters. The van der Waals surface area contributed by atoms with E-state index in [0.717, 1.165) is 11.3 Å². The maximum atomic E-state index is 13.8. The second kappa shape index (κ2) is 7.02. The van der Waals surface area contributed by atoms with E-state index in [-0.39, 0.29) is 30.0 Å². The quantitative estimate of drug-likeness (QED) is 0.815. The molecule has 2 aromatic rings. The number of carbonyl (C=O) groups is 1. The molecule has 0 spiro atoms. The summed E-state index contributed by atoms with van der Waals surface area (Å²) in [6.07, 6.45) is -0.200. The number of nitrogens with zero attached hydrogens (tertiary/aromatic N) is 3.